The lowest BCUT2D eigenvalue weighted by Crippen LogP contribution is -2.29. The Bertz CT molecular complexity index is 287. The van der Waals surface area contributed by atoms with Gasteiger partial charge in [0.2, 0.25) is 5.92 Å². The van der Waals surface area contributed by atoms with Gasteiger partial charge >= 0.3 is 0 Å². The molecule has 0 aromatic carbocycles. The average molecular weight is 216 g/mol. The molecule has 0 saturated heterocycles. The molecule has 1 aliphatic heterocycles. The molecule has 2 nitrogen and oxygen atoms in total. The highest BCUT2D eigenvalue weighted by atomic mass is 19.3. The molecule has 2 rings (SSSR count). The van der Waals surface area contributed by atoms with Crippen LogP contribution in [0.5, 0.6) is 0 Å². The van der Waals surface area contributed by atoms with Gasteiger partial charge in [-0.1, -0.05) is 0 Å². The lowest BCUT2D eigenvalue weighted by atomic mass is 9.82. The van der Waals surface area contributed by atoms with Crippen LogP contribution in [0.3, 0.4) is 0 Å². The van der Waals surface area contributed by atoms with Crippen LogP contribution in [0.1, 0.15) is 32.1 Å². The van der Waals surface area contributed by atoms with E-state index in [1.54, 1.807) is 0 Å². The van der Waals surface area contributed by atoms with Crippen LogP contribution in [0.4, 0.5) is 8.78 Å². The summed E-state index contributed by atoms with van der Waals surface area (Å²) in [4.78, 5) is 11.8. The van der Waals surface area contributed by atoms with E-state index in [-0.39, 0.29) is 24.5 Å². The van der Waals surface area contributed by atoms with Crippen LogP contribution in [-0.4, -0.2) is 18.3 Å². The number of carbonyl (C=O) groups excluding carboxylic acids is 1. The maximum Gasteiger partial charge on any atom is 0.248 e. The van der Waals surface area contributed by atoms with Gasteiger partial charge in [0.05, 0.1) is 12.9 Å². The highest BCUT2D eigenvalue weighted by Gasteiger charge is 2.38. The summed E-state index contributed by atoms with van der Waals surface area (Å²) in [5.74, 6) is -2.75. The fraction of sp³-hybridized carbons (Fsp3) is 0.727. The van der Waals surface area contributed by atoms with Crippen molar-refractivity contribution in [2.45, 2.75) is 38.0 Å². The fourth-order valence-electron chi connectivity index (χ4n) is 2.13. The van der Waals surface area contributed by atoms with Crippen LogP contribution in [0.25, 0.3) is 0 Å². The highest BCUT2D eigenvalue weighted by molar-refractivity contribution is 5.97. The van der Waals surface area contributed by atoms with E-state index in [9.17, 15) is 13.6 Å². The zero-order valence-corrected chi connectivity index (χ0v) is 8.47. The summed E-state index contributed by atoms with van der Waals surface area (Å²) in [5, 5.41) is 0. The third-order valence-electron chi connectivity index (χ3n) is 3.12. The maximum absolute atomic E-state index is 12.9. The summed E-state index contributed by atoms with van der Waals surface area (Å²) in [6.45, 7) is 0.546. The summed E-state index contributed by atoms with van der Waals surface area (Å²) in [7, 11) is 0. The van der Waals surface area contributed by atoms with E-state index in [2.05, 4.69) is 0 Å². The van der Waals surface area contributed by atoms with Gasteiger partial charge in [0.15, 0.2) is 5.78 Å². The molecule has 0 N–H and O–H groups in total. The number of carbonyl (C=O) groups is 1. The lowest BCUT2D eigenvalue weighted by Gasteiger charge is -2.27. The predicted octanol–water partition coefficient (Wildman–Crippen LogP) is 2.69. The monoisotopic (exact) mass is 216 g/mol. The first kappa shape index (κ1) is 10.6. The normalized spacial score (nSPS) is 25.9. The fourth-order valence-corrected chi connectivity index (χ4v) is 2.13. The molecular weight excluding hydrogens is 202 g/mol. The van der Waals surface area contributed by atoms with Crippen LogP contribution < -0.4 is 0 Å². The van der Waals surface area contributed by atoms with Crippen molar-refractivity contribution >= 4 is 5.78 Å². The summed E-state index contributed by atoms with van der Waals surface area (Å²) >= 11 is 0. The lowest BCUT2D eigenvalue weighted by molar-refractivity contribution is -0.123. The van der Waals surface area contributed by atoms with Crippen molar-refractivity contribution in [3.63, 3.8) is 0 Å². The molecule has 0 aromatic heterocycles. The van der Waals surface area contributed by atoms with Crippen LogP contribution in [0, 0.1) is 5.92 Å². The number of hydrogen-bond donors (Lipinski definition) is 0. The topological polar surface area (TPSA) is 26.3 Å². The number of halogens is 2. The van der Waals surface area contributed by atoms with E-state index in [0.29, 0.717) is 31.4 Å². The molecule has 0 atom stereocenters. The molecule has 0 radical (unpaired) electrons. The van der Waals surface area contributed by atoms with Crippen molar-refractivity contribution in [3.8, 4) is 0 Å². The zero-order chi connectivity index (χ0) is 10.9. The summed E-state index contributed by atoms with van der Waals surface area (Å²) in [6, 6.07) is 0. The van der Waals surface area contributed by atoms with Crippen molar-refractivity contribution < 1.29 is 18.3 Å². The Balaban J connectivity index is 1.93. The van der Waals surface area contributed by atoms with Crippen LogP contribution >= 0.6 is 0 Å². The SMILES string of the molecule is O=C(C1=COCC1)C1CCC(F)(F)CC1. The first-order valence-corrected chi connectivity index (χ1v) is 5.31. The van der Waals surface area contributed by atoms with E-state index in [4.69, 9.17) is 4.74 Å². The van der Waals surface area contributed by atoms with Gasteiger partial charge < -0.3 is 4.74 Å². The first-order valence-electron chi connectivity index (χ1n) is 5.31. The van der Waals surface area contributed by atoms with Gasteiger partial charge in [0.25, 0.3) is 0 Å². The Morgan fingerprint density at radius 1 is 1.40 bits per heavy atom. The molecule has 1 fully saturated rings. The Morgan fingerprint density at radius 2 is 2.07 bits per heavy atom. The smallest absolute Gasteiger partial charge is 0.248 e. The first-order chi connectivity index (χ1) is 7.08. The Morgan fingerprint density at radius 3 is 2.60 bits per heavy atom. The van der Waals surface area contributed by atoms with Crippen molar-refractivity contribution in [3.05, 3.63) is 11.8 Å². The molecule has 2 aliphatic rings. The minimum Gasteiger partial charge on any atom is -0.500 e. The number of hydrogen-bond acceptors (Lipinski definition) is 2. The predicted molar refractivity (Wildman–Crippen MR) is 50.6 cm³/mol. The Kier molecular flexibility index (Phi) is 2.76. The number of ether oxygens (including phenoxy) is 1. The quantitative estimate of drug-likeness (QED) is 0.709. The van der Waals surface area contributed by atoms with Crippen molar-refractivity contribution in [2.75, 3.05) is 6.61 Å². The molecule has 1 aliphatic carbocycles. The van der Waals surface area contributed by atoms with Crippen LogP contribution in [0.2, 0.25) is 0 Å². The van der Waals surface area contributed by atoms with Gasteiger partial charge in [-0.25, -0.2) is 8.78 Å². The standard InChI is InChI=1S/C11H14F2O2/c12-11(13)4-1-8(2-5-11)10(14)9-3-6-15-7-9/h7-8H,1-6H2. The number of Topliss-reactive ketones (excluding diaryl/α,β-unsaturated/α-hetero) is 1. The van der Waals surface area contributed by atoms with Gasteiger partial charge in [-0.3, -0.25) is 4.79 Å². The Hall–Kier alpha value is -0.930. The van der Waals surface area contributed by atoms with E-state index in [1.165, 1.54) is 6.26 Å². The maximum atomic E-state index is 12.9. The van der Waals surface area contributed by atoms with Crippen LogP contribution in [-0.2, 0) is 9.53 Å². The summed E-state index contributed by atoms with van der Waals surface area (Å²) in [6.07, 6.45) is 2.42. The molecular formula is C11H14F2O2. The molecule has 15 heavy (non-hydrogen) atoms. The third kappa shape index (κ3) is 2.36. The molecule has 1 heterocycles. The van der Waals surface area contributed by atoms with Gasteiger partial charge in [-0.15, -0.1) is 0 Å². The molecule has 0 unspecified atom stereocenters. The molecule has 0 spiro atoms. The largest absolute Gasteiger partial charge is 0.500 e. The minimum absolute atomic E-state index is 0.0167. The summed E-state index contributed by atoms with van der Waals surface area (Å²) in [5.41, 5.74) is 0.671. The van der Waals surface area contributed by atoms with E-state index >= 15 is 0 Å². The van der Waals surface area contributed by atoms with E-state index in [0.717, 1.165) is 0 Å². The molecule has 1 saturated carbocycles. The van der Waals surface area contributed by atoms with E-state index in [1.807, 2.05) is 0 Å². The van der Waals surface area contributed by atoms with Crippen molar-refractivity contribution in [1.29, 1.82) is 0 Å². The zero-order valence-electron chi connectivity index (χ0n) is 8.47. The molecule has 0 amide bonds. The van der Waals surface area contributed by atoms with Gasteiger partial charge in [0.1, 0.15) is 0 Å². The molecule has 0 aromatic rings. The van der Waals surface area contributed by atoms with Gasteiger partial charge in [-0.05, 0) is 12.8 Å². The van der Waals surface area contributed by atoms with Crippen molar-refractivity contribution in [1.82, 2.24) is 0 Å². The second-order valence-corrected chi connectivity index (χ2v) is 4.26. The van der Waals surface area contributed by atoms with E-state index < -0.39 is 5.92 Å². The third-order valence-corrected chi connectivity index (χ3v) is 3.12. The van der Waals surface area contributed by atoms with Crippen LogP contribution in [0.15, 0.2) is 11.8 Å². The molecule has 84 valence electrons. The average Bonchev–Trinajstić information content (AvgIpc) is 2.69. The van der Waals surface area contributed by atoms with Gasteiger partial charge in [0, 0.05) is 30.8 Å². The minimum atomic E-state index is -2.56. The number of alkyl halides is 2. The molecule has 4 heteroatoms. The van der Waals surface area contributed by atoms with Gasteiger partial charge in [-0.2, -0.15) is 0 Å². The number of rotatable bonds is 2. The second-order valence-electron chi connectivity index (χ2n) is 4.26. The number of ketones is 1. The molecule has 0 bridgehead atoms. The second kappa shape index (κ2) is 3.91. The Labute approximate surface area is 87.3 Å². The summed E-state index contributed by atoms with van der Waals surface area (Å²) < 4.78 is 30.7. The highest BCUT2D eigenvalue weighted by Crippen LogP contribution is 2.37. The van der Waals surface area contributed by atoms with Crippen molar-refractivity contribution in [2.24, 2.45) is 5.92 Å².